The highest BCUT2D eigenvalue weighted by Crippen LogP contribution is 2.34. The average Bonchev–Trinajstić information content (AvgIpc) is 3.12. The summed E-state index contributed by atoms with van der Waals surface area (Å²) in [7, 11) is 0. The first kappa shape index (κ1) is 20.1. The molecule has 146 valence electrons. The van der Waals surface area contributed by atoms with E-state index in [-0.39, 0.29) is 5.91 Å². The smallest absolute Gasteiger partial charge is 0.261 e. The molecule has 0 bridgehead atoms. The van der Waals surface area contributed by atoms with Crippen molar-refractivity contribution in [2.45, 2.75) is 20.4 Å². The number of hydrogen-bond acceptors (Lipinski definition) is 3. The topological polar surface area (TPSA) is 33.2 Å². The van der Waals surface area contributed by atoms with Gasteiger partial charge in [-0.3, -0.25) is 9.69 Å². The fourth-order valence-corrected chi connectivity index (χ4v) is 4.97. The number of rotatable bonds is 4. The molecular weight excluding hydrogens is 468 g/mol. The van der Waals surface area contributed by atoms with Crippen LogP contribution in [-0.2, 0) is 6.54 Å². The highest BCUT2D eigenvalue weighted by Gasteiger charge is 2.24. The maximum atomic E-state index is 13.5. The minimum Gasteiger partial charge on any atom is -0.279 e. The van der Waals surface area contributed by atoms with Crippen molar-refractivity contribution in [3.63, 3.8) is 0 Å². The summed E-state index contributed by atoms with van der Waals surface area (Å²) < 4.78 is 1.88. The molecule has 29 heavy (non-hydrogen) atoms. The largest absolute Gasteiger partial charge is 0.279 e. The molecule has 0 aliphatic rings. The predicted octanol–water partition coefficient (Wildman–Crippen LogP) is 7.18. The van der Waals surface area contributed by atoms with Gasteiger partial charge in [0.25, 0.3) is 5.91 Å². The zero-order valence-electron chi connectivity index (χ0n) is 15.9. The number of aromatic nitrogens is 1. The Balaban J connectivity index is 1.83. The van der Waals surface area contributed by atoms with Crippen molar-refractivity contribution in [3.05, 3.63) is 92.4 Å². The van der Waals surface area contributed by atoms with Crippen LogP contribution in [0.4, 0.5) is 5.13 Å². The maximum Gasteiger partial charge on any atom is 0.261 e. The summed E-state index contributed by atoms with van der Waals surface area (Å²) >= 11 is 11.3. The van der Waals surface area contributed by atoms with Gasteiger partial charge in [-0.15, -0.1) is 0 Å². The van der Waals surface area contributed by atoms with Gasteiger partial charge in [-0.1, -0.05) is 75.3 Å². The number of carbonyl (C=O) groups is 1. The van der Waals surface area contributed by atoms with Crippen molar-refractivity contribution >= 4 is 60.1 Å². The van der Waals surface area contributed by atoms with E-state index in [0.717, 1.165) is 25.8 Å². The maximum absolute atomic E-state index is 13.5. The number of thiazole rings is 1. The van der Waals surface area contributed by atoms with Gasteiger partial charge in [0.2, 0.25) is 0 Å². The molecule has 0 aliphatic heterocycles. The first-order valence-corrected chi connectivity index (χ1v) is 11.1. The summed E-state index contributed by atoms with van der Waals surface area (Å²) in [5, 5.41) is 1.09. The molecule has 6 heteroatoms. The van der Waals surface area contributed by atoms with Crippen molar-refractivity contribution < 1.29 is 4.79 Å². The molecule has 0 saturated heterocycles. The molecule has 0 saturated carbocycles. The fraction of sp³-hybridized carbons (Fsp3) is 0.130. The molecule has 0 aliphatic carbocycles. The van der Waals surface area contributed by atoms with E-state index in [1.54, 1.807) is 17.0 Å². The zero-order chi connectivity index (χ0) is 20.5. The van der Waals surface area contributed by atoms with Crippen molar-refractivity contribution in [3.8, 4) is 0 Å². The average molecular weight is 486 g/mol. The third-order valence-corrected chi connectivity index (χ3v) is 6.49. The normalized spacial score (nSPS) is 11.0. The molecule has 0 spiro atoms. The lowest BCUT2D eigenvalue weighted by atomic mass is 10.1. The molecular formula is C23H18BrClN2OS. The zero-order valence-corrected chi connectivity index (χ0v) is 19.1. The van der Waals surface area contributed by atoms with E-state index in [4.69, 9.17) is 16.6 Å². The highest BCUT2D eigenvalue weighted by atomic mass is 79.9. The van der Waals surface area contributed by atoms with E-state index in [0.29, 0.717) is 22.3 Å². The van der Waals surface area contributed by atoms with Crippen LogP contribution in [0.15, 0.2) is 65.1 Å². The van der Waals surface area contributed by atoms with Gasteiger partial charge in [-0.2, -0.15) is 0 Å². The summed E-state index contributed by atoms with van der Waals surface area (Å²) in [5.74, 6) is -0.173. The molecule has 0 fully saturated rings. The van der Waals surface area contributed by atoms with E-state index in [2.05, 4.69) is 35.0 Å². The van der Waals surface area contributed by atoms with E-state index in [1.807, 2.05) is 43.3 Å². The van der Waals surface area contributed by atoms with Crippen LogP contribution in [0.1, 0.15) is 27.0 Å². The van der Waals surface area contributed by atoms with Crippen LogP contribution < -0.4 is 4.90 Å². The van der Waals surface area contributed by atoms with Crippen molar-refractivity contribution in [2.24, 2.45) is 0 Å². The van der Waals surface area contributed by atoms with Crippen LogP contribution >= 0.6 is 38.9 Å². The second-order valence-electron chi connectivity index (χ2n) is 6.93. The Hall–Kier alpha value is -2.21. The standard InChI is InChI=1S/C23H18BrClN2OS/c1-14-10-15(2)21-20(11-14)29-23(26-21)27(13-16-6-4-3-5-7-16)22(28)18-12-17(24)8-9-19(18)25/h3-12H,13H2,1-2H3. The second kappa shape index (κ2) is 8.27. The Morgan fingerprint density at radius 2 is 1.86 bits per heavy atom. The summed E-state index contributed by atoms with van der Waals surface area (Å²) in [5.41, 5.74) is 4.70. The number of benzene rings is 3. The van der Waals surface area contributed by atoms with Gasteiger partial charge in [0.05, 0.1) is 27.3 Å². The Labute approximate surface area is 187 Å². The monoisotopic (exact) mass is 484 g/mol. The summed E-state index contributed by atoms with van der Waals surface area (Å²) in [6.45, 7) is 4.54. The van der Waals surface area contributed by atoms with E-state index in [9.17, 15) is 4.79 Å². The number of aryl methyl sites for hydroxylation is 2. The van der Waals surface area contributed by atoms with Crippen LogP contribution in [0, 0.1) is 13.8 Å². The Morgan fingerprint density at radius 1 is 1.10 bits per heavy atom. The number of nitrogens with zero attached hydrogens (tertiary/aromatic N) is 2. The number of hydrogen-bond donors (Lipinski definition) is 0. The van der Waals surface area contributed by atoms with E-state index < -0.39 is 0 Å². The quantitative estimate of drug-likeness (QED) is 0.307. The predicted molar refractivity (Wildman–Crippen MR) is 125 cm³/mol. The lowest BCUT2D eigenvalue weighted by molar-refractivity contribution is 0.0985. The van der Waals surface area contributed by atoms with E-state index >= 15 is 0 Å². The van der Waals surface area contributed by atoms with Gasteiger partial charge in [-0.05, 0) is 54.8 Å². The highest BCUT2D eigenvalue weighted by molar-refractivity contribution is 9.10. The summed E-state index contributed by atoms with van der Waals surface area (Å²) in [6.07, 6.45) is 0. The molecule has 0 atom stereocenters. The number of carbonyl (C=O) groups excluding carboxylic acids is 1. The Morgan fingerprint density at radius 3 is 2.62 bits per heavy atom. The first-order valence-electron chi connectivity index (χ1n) is 9.11. The van der Waals surface area contributed by atoms with E-state index in [1.165, 1.54) is 16.9 Å². The van der Waals surface area contributed by atoms with Gasteiger partial charge in [-0.25, -0.2) is 4.98 Å². The molecule has 3 aromatic carbocycles. The van der Waals surface area contributed by atoms with Crippen LogP contribution in [0.2, 0.25) is 5.02 Å². The Bertz CT molecular complexity index is 1210. The summed E-state index contributed by atoms with van der Waals surface area (Å²) in [4.78, 5) is 20.1. The summed E-state index contributed by atoms with van der Waals surface area (Å²) in [6, 6.07) is 19.4. The van der Waals surface area contributed by atoms with Gasteiger partial charge < -0.3 is 0 Å². The van der Waals surface area contributed by atoms with Gasteiger partial charge in [0.1, 0.15) is 0 Å². The van der Waals surface area contributed by atoms with Crippen LogP contribution in [0.5, 0.6) is 0 Å². The molecule has 0 unspecified atom stereocenters. The minimum atomic E-state index is -0.173. The van der Waals surface area contributed by atoms with Gasteiger partial charge >= 0.3 is 0 Å². The lowest BCUT2D eigenvalue weighted by Crippen LogP contribution is -2.30. The Kier molecular flexibility index (Phi) is 5.72. The minimum absolute atomic E-state index is 0.173. The van der Waals surface area contributed by atoms with Crippen LogP contribution in [-0.4, -0.2) is 10.9 Å². The third-order valence-electron chi connectivity index (χ3n) is 4.64. The molecule has 1 heterocycles. The second-order valence-corrected chi connectivity index (χ2v) is 9.26. The van der Waals surface area contributed by atoms with Crippen molar-refractivity contribution in [1.29, 1.82) is 0 Å². The molecule has 1 aromatic heterocycles. The number of fused-ring (bicyclic) bond motifs is 1. The van der Waals surface area contributed by atoms with Gasteiger partial charge in [0, 0.05) is 4.47 Å². The van der Waals surface area contributed by atoms with Gasteiger partial charge in [0.15, 0.2) is 5.13 Å². The third kappa shape index (κ3) is 4.22. The molecule has 4 aromatic rings. The van der Waals surface area contributed by atoms with Crippen molar-refractivity contribution in [2.75, 3.05) is 4.90 Å². The first-order chi connectivity index (χ1) is 13.9. The number of anilines is 1. The SMILES string of the molecule is Cc1cc(C)c2nc(N(Cc3ccccc3)C(=O)c3cc(Br)ccc3Cl)sc2c1. The number of halogens is 2. The van der Waals surface area contributed by atoms with Crippen LogP contribution in [0.3, 0.4) is 0 Å². The lowest BCUT2D eigenvalue weighted by Gasteiger charge is -2.21. The molecule has 0 radical (unpaired) electrons. The molecule has 3 nitrogen and oxygen atoms in total. The molecule has 0 N–H and O–H groups in total. The number of amides is 1. The molecule has 1 amide bonds. The fourth-order valence-electron chi connectivity index (χ4n) is 3.27. The van der Waals surface area contributed by atoms with Crippen molar-refractivity contribution in [1.82, 2.24) is 4.98 Å². The molecule has 4 rings (SSSR count). The van der Waals surface area contributed by atoms with Crippen LogP contribution in [0.25, 0.3) is 10.2 Å².